The second kappa shape index (κ2) is 8.89. The molecular formula is C15H32N2O. The molecule has 0 bridgehead atoms. The zero-order chi connectivity index (χ0) is 13.4. The fourth-order valence-corrected chi connectivity index (χ4v) is 2.81. The van der Waals surface area contributed by atoms with Crippen LogP contribution in [-0.4, -0.2) is 50.3 Å². The molecule has 3 nitrogen and oxygen atoms in total. The number of methoxy groups -OCH3 is 1. The molecule has 0 radical (unpaired) electrons. The molecule has 1 rings (SSSR count). The third-order valence-corrected chi connectivity index (χ3v) is 3.87. The topological polar surface area (TPSA) is 24.5 Å². The van der Waals surface area contributed by atoms with Crippen molar-refractivity contribution in [3.8, 4) is 0 Å². The average Bonchev–Trinajstić information content (AvgIpc) is 2.47. The quantitative estimate of drug-likeness (QED) is 0.708. The molecular weight excluding hydrogens is 224 g/mol. The maximum Gasteiger partial charge on any atom is 0.0462 e. The van der Waals surface area contributed by atoms with Crippen LogP contribution >= 0.6 is 0 Å². The van der Waals surface area contributed by atoms with Crippen LogP contribution in [0.5, 0.6) is 0 Å². The molecule has 0 aliphatic carbocycles. The summed E-state index contributed by atoms with van der Waals surface area (Å²) in [5.41, 5.74) is 0. The third kappa shape index (κ3) is 6.17. The lowest BCUT2D eigenvalue weighted by Gasteiger charge is -2.29. The lowest BCUT2D eigenvalue weighted by atomic mass is 10.0. The number of ether oxygens (including phenoxy) is 1. The molecule has 2 unspecified atom stereocenters. The van der Waals surface area contributed by atoms with Crippen molar-refractivity contribution in [1.29, 1.82) is 0 Å². The molecule has 18 heavy (non-hydrogen) atoms. The van der Waals surface area contributed by atoms with Crippen LogP contribution in [0.2, 0.25) is 0 Å². The number of rotatable bonds is 7. The van der Waals surface area contributed by atoms with Gasteiger partial charge in [0.15, 0.2) is 0 Å². The van der Waals surface area contributed by atoms with Gasteiger partial charge in [-0.3, -0.25) is 4.90 Å². The Morgan fingerprint density at radius 3 is 2.78 bits per heavy atom. The van der Waals surface area contributed by atoms with Crippen molar-refractivity contribution in [2.24, 2.45) is 5.92 Å². The van der Waals surface area contributed by atoms with Gasteiger partial charge in [0.1, 0.15) is 0 Å². The molecule has 0 aromatic heterocycles. The molecule has 108 valence electrons. The normalized spacial score (nSPS) is 26.5. The van der Waals surface area contributed by atoms with Crippen molar-refractivity contribution in [3.05, 3.63) is 0 Å². The minimum Gasteiger partial charge on any atom is -0.385 e. The van der Waals surface area contributed by atoms with Crippen LogP contribution in [0.25, 0.3) is 0 Å². The van der Waals surface area contributed by atoms with Gasteiger partial charge in [-0.25, -0.2) is 0 Å². The first-order valence-corrected chi connectivity index (χ1v) is 7.59. The summed E-state index contributed by atoms with van der Waals surface area (Å²) in [6.45, 7) is 11.5. The predicted octanol–water partition coefficient (Wildman–Crippen LogP) is 2.51. The summed E-state index contributed by atoms with van der Waals surface area (Å²) in [5.74, 6) is 0.784. The maximum absolute atomic E-state index is 5.13. The van der Waals surface area contributed by atoms with Crippen LogP contribution in [0, 0.1) is 5.92 Å². The van der Waals surface area contributed by atoms with Crippen LogP contribution in [0.4, 0.5) is 0 Å². The van der Waals surface area contributed by atoms with Gasteiger partial charge in [-0.05, 0) is 51.6 Å². The van der Waals surface area contributed by atoms with E-state index in [9.17, 15) is 0 Å². The first-order chi connectivity index (χ1) is 8.63. The van der Waals surface area contributed by atoms with Gasteiger partial charge >= 0.3 is 0 Å². The fraction of sp³-hybridized carbons (Fsp3) is 1.00. The first-order valence-electron chi connectivity index (χ1n) is 7.59. The van der Waals surface area contributed by atoms with E-state index in [1.54, 1.807) is 7.11 Å². The third-order valence-electron chi connectivity index (χ3n) is 3.87. The van der Waals surface area contributed by atoms with Gasteiger partial charge in [0.05, 0.1) is 0 Å². The Bertz CT molecular complexity index is 209. The van der Waals surface area contributed by atoms with Crippen molar-refractivity contribution >= 4 is 0 Å². The summed E-state index contributed by atoms with van der Waals surface area (Å²) >= 11 is 0. The Morgan fingerprint density at radius 1 is 1.33 bits per heavy atom. The van der Waals surface area contributed by atoms with Gasteiger partial charge in [-0.15, -0.1) is 0 Å². The van der Waals surface area contributed by atoms with E-state index in [1.807, 2.05) is 0 Å². The van der Waals surface area contributed by atoms with Crippen molar-refractivity contribution in [2.45, 2.75) is 58.5 Å². The number of unbranched alkanes of at least 4 members (excludes halogenated alkanes) is 1. The molecule has 0 saturated carbocycles. The van der Waals surface area contributed by atoms with Crippen molar-refractivity contribution in [1.82, 2.24) is 10.2 Å². The predicted molar refractivity (Wildman–Crippen MR) is 78.0 cm³/mol. The molecule has 1 saturated heterocycles. The maximum atomic E-state index is 5.13. The van der Waals surface area contributed by atoms with E-state index >= 15 is 0 Å². The van der Waals surface area contributed by atoms with E-state index in [-0.39, 0.29) is 0 Å². The molecule has 1 aliphatic rings. The average molecular weight is 256 g/mol. The summed E-state index contributed by atoms with van der Waals surface area (Å²) in [4.78, 5) is 2.67. The number of hydrogen-bond acceptors (Lipinski definition) is 3. The van der Waals surface area contributed by atoms with Crippen LogP contribution in [0.1, 0.15) is 46.5 Å². The molecule has 3 heteroatoms. The van der Waals surface area contributed by atoms with Gasteiger partial charge < -0.3 is 10.1 Å². The summed E-state index contributed by atoms with van der Waals surface area (Å²) < 4.78 is 5.13. The molecule has 0 amide bonds. The Kier molecular flexibility index (Phi) is 7.87. The SMILES string of the molecule is COCCCCN1CC(CC(C)C)NCCC1C. The van der Waals surface area contributed by atoms with E-state index in [0.29, 0.717) is 6.04 Å². The Hall–Kier alpha value is -0.120. The standard InChI is InChI=1S/C15H32N2O/c1-13(2)11-15-12-17(9-5-6-10-18-4)14(3)7-8-16-15/h13-16H,5-12H2,1-4H3. The summed E-state index contributed by atoms with van der Waals surface area (Å²) in [5, 5.41) is 3.71. The summed E-state index contributed by atoms with van der Waals surface area (Å²) in [6.07, 6.45) is 5.01. The second-order valence-electron chi connectivity index (χ2n) is 6.11. The molecule has 0 aromatic rings. The van der Waals surface area contributed by atoms with Crippen LogP contribution < -0.4 is 5.32 Å². The van der Waals surface area contributed by atoms with E-state index in [0.717, 1.165) is 18.6 Å². The smallest absolute Gasteiger partial charge is 0.0462 e. The zero-order valence-electron chi connectivity index (χ0n) is 12.7. The first kappa shape index (κ1) is 15.9. The number of hydrogen-bond donors (Lipinski definition) is 1. The highest BCUT2D eigenvalue weighted by Crippen LogP contribution is 2.14. The summed E-state index contributed by atoms with van der Waals surface area (Å²) in [6, 6.07) is 1.40. The Morgan fingerprint density at radius 2 is 2.11 bits per heavy atom. The highest BCUT2D eigenvalue weighted by atomic mass is 16.5. The molecule has 0 aromatic carbocycles. The highest BCUT2D eigenvalue weighted by molar-refractivity contribution is 4.81. The van der Waals surface area contributed by atoms with Crippen molar-refractivity contribution in [3.63, 3.8) is 0 Å². The van der Waals surface area contributed by atoms with E-state index < -0.39 is 0 Å². The Labute approximate surface area is 113 Å². The molecule has 0 spiro atoms. The molecule has 1 fully saturated rings. The number of nitrogens with zero attached hydrogens (tertiary/aromatic N) is 1. The fourth-order valence-electron chi connectivity index (χ4n) is 2.81. The minimum absolute atomic E-state index is 0.678. The molecule has 1 N–H and O–H groups in total. The lowest BCUT2D eigenvalue weighted by molar-refractivity contribution is 0.167. The zero-order valence-corrected chi connectivity index (χ0v) is 12.7. The lowest BCUT2D eigenvalue weighted by Crippen LogP contribution is -2.41. The van der Waals surface area contributed by atoms with E-state index in [1.165, 1.54) is 45.3 Å². The van der Waals surface area contributed by atoms with Crippen LogP contribution in [0.3, 0.4) is 0 Å². The minimum atomic E-state index is 0.678. The molecule has 1 heterocycles. The van der Waals surface area contributed by atoms with E-state index in [2.05, 4.69) is 31.0 Å². The van der Waals surface area contributed by atoms with Crippen molar-refractivity contribution in [2.75, 3.05) is 33.4 Å². The van der Waals surface area contributed by atoms with Gasteiger partial charge in [0.25, 0.3) is 0 Å². The van der Waals surface area contributed by atoms with Crippen molar-refractivity contribution < 1.29 is 4.74 Å². The largest absolute Gasteiger partial charge is 0.385 e. The van der Waals surface area contributed by atoms with E-state index in [4.69, 9.17) is 4.74 Å². The van der Waals surface area contributed by atoms with Crippen LogP contribution in [0.15, 0.2) is 0 Å². The highest BCUT2D eigenvalue weighted by Gasteiger charge is 2.22. The van der Waals surface area contributed by atoms with Gasteiger partial charge in [0.2, 0.25) is 0 Å². The van der Waals surface area contributed by atoms with Crippen LogP contribution in [-0.2, 0) is 4.74 Å². The Balaban J connectivity index is 2.36. The molecule has 1 aliphatic heterocycles. The van der Waals surface area contributed by atoms with Gasteiger partial charge in [0, 0.05) is 32.3 Å². The van der Waals surface area contributed by atoms with Gasteiger partial charge in [-0.1, -0.05) is 13.8 Å². The molecule has 2 atom stereocenters. The second-order valence-corrected chi connectivity index (χ2v) is 6.11. The monoisotopic (exact) mass is 256 g/mol. The number of nitrogens with one attached hydrogen (secondary N) is 1. The van der Waals surface area contributed by atoms with Gasteiger partial charge in [-0.2, -0.15) is 0 Å². The summed E-state index contributed by atoms with van der Waals surface area (Å²) in [7, 11) is 1.79.